The Morgan fingerprint density at radius 2 is 1.82 bits per heavy atom. The monoisotopic (exact) mass is 267 g/mol. The summed E-state index contributed by atoms with van der Waals surface area (Å²) >= 11 is 11.8. The van der Waals surface area contributed by atoms with Gasteiger partial charge in [-0.1, -0.05) is 23.2 Å². The van der Waals surface area contributed by atoms with Gasteiger partial charge in [-0.15, -0.1) is 0 Å². The minimum absolute atomic E-state index is 0.219. The highest BCUT2D eigenvalue weighted by molar-refractivity contribution is 6.35. The molecule has 0 aliphatic carbocycles. The Morgan fingerprint density at radius 1 is 1.06 bits per heavy atom. The summed E-state index contributed by atoms with van der Waals surface area (Å²) in [5.74, 6) is 0. The molecule has 0 aliphatic rings. The van der Waals surface area contributed by atoms with Crippen LogP contribution in [0.25, 0.3) is 11.1 Å². The number of nitrogens with one attached hydrogen (secondary N) is 1. The van der Waals surface area contributed by atoms with Gasteiger partial charge in [-0.3, -0.25) is 9.59 Å². The molecule has 0 atom stereocenters. The first-order valence-corrected chi connectivity index (χ1v) is 5.51. The third kappa shape index (κ3) is 2.40. The molecule has 0 spiro atoms. The van der Waals surface area contributed by atoms with Crippen LogP contribution in [-0.2, 0) is 0 Å². The van der Waals surface area contributed by atoms with Crippen molar-refractivity contribution in [2.45, 2.75) is 0 Å². The van der Waals surface area contributed by atoms with Crippen molar-refractivity contribution in [3.63, 3.8) is 0 Å². The minimum Gasteiger partial charge on any atom is -0.319 e. The lowest BCUT2D eigenvalue weighted by Crippen LogP contribution is -2.10. The predicted molar refractivity (Wildman–Crippen MR) is 67.9 cm³/mol. The fraction of sp³-hybridized carbons (Fsp3) is 0. The number of rotatable bonds is 2. The second kappa shape index (κ2) is 4.73. The van der Waals surface area contributed by atoms with E-state index in [2.05, 4.69) is 4.98 Å². The molecular formula is C12H7Cl2NO2. The molecule has 17 heavy (non-hydrogen) atoms. The first-order chi connectivity index (χ1) is 8.11. The van der Waals surface area contributed by atoms with Crippen LogP contribution in [0.3, 0.4) is 0 Å². The maximum absolute atomic E-state index is 11.7. The Morgan fingerprint density at radius 3 is 2.47 bits per heavy atom. The molecule has 2 rings (SSSR count). The van der Waals surface area contributed by atoms with Gasteiger partial charge in [-0.25, -0.2) is 0 Å². The second-order valence-electron chi connectivity index (χ2n) is 3.40. The van der Waals surface area contributed by atoms with Crippen molar-refractivity contribution >= 4 is 29.5 Å². The molecule has 0 aliphatic heterocycles. The Hall–Kier alpha value is -1.58. The van der Waals surface area contributed by atoms with E-state index in [0.717, 1.165) is 0 Å². The van der Waals surface area contributed by atoms with Crippen LogP contribution in [0.5, 0.6) is 0 Å². The Bertz CT molecular complexity index is 635. The highest BCUT2D eigenvalue weighted by Gasteiger charge is 2.08. The highest BCUT2D eigenvalue weighted by Crippen LogP contribution is 2.28. The third-order valence-electron chi connectivity index (χ3n) is 2.28. The summed E-state index contributed by atoms with van der Waals surface area (Å²) in [4.78, 5) is 24.7. The van der Waals surface area contributed by atoms with Crippen molar-refractivity contribution in [2.24, 2.45) is 0 Å². The van der Waals surface area contributed by atoms with Gasteiger partial charge in [0.2, 0.25) is 0 Å². The molecule has 1 N–H and O–H groups in total. The maximum Gasteiger partial charge on any atom is 0.256 e. The number of aromatic amines is 1. The Balaban J connectivity index is 2.64. The fourth-order valence-electron chi connectivity index (χ4n) is 1.47. The molecular weight excluding hydrogens is 261 g/mol. The van der Waals surface area contributed by atoms with Crippen LogP contribution < -0.4 is 5.56 Å². The number of benzene rings is 1. The van der Waals surface area contributed by atoms with Crippen LogP contribution in [0.1, 0.15) is 10.5 Å². The van der Waals surface area contributed by atoms with E-state index in [0.29, 0.717) is 27.5 Å². The molecule has 5 heteroatoms. The summed E-state index contributed by atoms with van der Waals surface area (Å²) < 4.78 is 0. The van der Waals surface area contributed by atoms with Gasteiger partial charge in [0.05, 0.1) is 5.69 Å². The van der Waals surface area contributed by atoms with Crippen LogP contribution in [0.2, 0.25) is 10.0 Å². The number of hydrogen-bond donors (Lipinski definition) is 1. The summed E-state index contributed by atoms with van der Waals surface area (Å²) in [5, 5.41) is 0.919. The quantitative estimate of drug-likeness (QED) is 0.850. The number of halogens is 2. The molecule has 0 saturated carbocycles. The van der Waals surface area contributed by atoms with Gasteiger partial charge in [-0.2, -0.15) is 0 Å². The van der Waals surface area contributed by atoms with Crippen LogP contribution >= 0.6 is 23.2 Å². The van der Waals surface area contributed by atoms with Crippen LogP contribution in [0, 0.1) is 0 Å². The smallest absolute Gasteiger partial charge is 0.256 e. The number of aromatic nitrogens is 1. The van der Waals surface area contributed by atoms with Crippen LogP contribution in [-0.4, -0.2) is 11.3 Å². The standard InChI is InChI=1S/C12H7Cl2NO2/c13-7-1-4-11(14)10(5-7)9-3-2-8(6-16)15-12(9)17/h1-6H,(H,15,17). The number of pyridine rings is 1. The van der Waals surface area contributed by atoms with Crippen LogP contribution in [0.4, 0.5) is 0 Å². The lowest BCUT2D eigenvalue weighted by molar-refractivity contribution is 0.111. The summed E-state index contributed by atoms with van der Waals surface area (Å²) in [5.41, 5.74) is 0.761. The third-order valence-corrected chi connectivity index (χ3v) is 2.84. The first kappa shape index (κ1) is 11.9. The summed E-state index contributed by atoms with van der Waals surface area (Å²) in [7, 11) is 0. The van der Waals surface area contributed by atoms with E-state index in [1.807, 2.05) is 0 Å². The molecule has 0 amide bonds. The number of carbonyl (C=O) groups excluding carboxylic acids is 1. The van der Waals surface area contributed by atoms with Crippen molar-refractivity contribution in [3.05, 3.63) is 56.4 Å². The fourth-order valence-corrected chi connectivity index (χ4v) is 1.87. The van der Waals surface area contributed by atoms with Crippen molar-refractivity contribution in [3.8, 4) is 11.1 Å². The van der Waals surface area contributed by atoms with Gasteiger partial charge < -0.3 is 4.98 Å². The molecule has 0 radical (unpaired) electrons. The van der Waals surface area contributed by atoms with Gasteiger partial charge in [0.15, 0.2) is 6.29 Å². The minimum atomic E-state index is -0.376. The van der Waals surface area contributed by atoms with Gasteiger partial charge >= 0.3 is 0 Å². The average Bonchev–Trinajstić information content (AvgIpc) is 2.32. The summed E-state index contributed by atoms with van der Waals surface area (Å²) in [6.07, 6.45) is 0.574. The van der Waals surface area contributed by atoms with Crippen LogP contribution in [0.15, 0.2) is 35.1 Å². The Labute approximate surface area is 107 Å². The van der Waals surface area contributed by atoms with E-state index in [1.165, 1.54) is 6.07 Å². The zero-order valence-electron chi connectivity index (χ0n) is 8.54. The number of carbonyl (C=O) groups is 1. The van der Waals surface area contributed by atoms with E-state index in [-0.39, 0.29) is 11.3 Å². The van der Waals surface area contributed by atoms with E-state index >= 15 is 0 Å². The van der Waals surface area contributed by atoms with E-state index < -0.39 is 0 Å². The predicted octanol–water partition coefficient (Wildman–Crippen LogP) is 3.16. The zero-order valence-corrected chi connectivity index (χ0v) is 10.0. The zero-order chi connectivity index (χ0) is 12.4. The lowest BCUT2D eigenvalue weighted by atomic mass is 10.1. The summed E-state index contributed by atoms with van der Waals surface area (Å²) in [6.45, 7) is 0. The molecule has 0 saturated heterocycles. The molecule has 2 aromatic rings. The first-order valence-electron chi connectivity index (χ1n) is 4.76. The molecule has 86 valence electrons. The van der Waals surface area contributed by atoms with Crippen molar-refractivity contribution in [2.75, 3.05) is 0 Å². The average molecular weight is 268 g/mol. The van der Waals surface area contributed by atoms with Gasteiger partial charge in [0.1, 0.15) is 0 Å². The van der Waals surface area contributed by atoms with Gasteiger partial charge in [-0.05, 0) is 30.3 Å². The SMILES string of the molecule is O=Cc1ccc(-c2cc(Cl)ccc2Cl)c(=O)[nH]1. The largest absolute Gasteiger partial charge is 0.319 e. The number of aldehydes is 1. The number of hydrogen-bond acceptors (Lipinski definition) is 2. The molecule has 1 heterocycles. The molecule has 1 aromatic carbocycles. The van der Waals surface area contributed by atoms with E-state index in [9.17, 15) is 9.59 Å². The van der Waals surface area contributed by atoms with E-state index in [4.69, 9.17) is 23.2 Å². The van der Waals surface area contributed by atoms with Gasteiger partial charge in [0, 0.05) is 21.2 Å². The van der Waals surface area contributed by atoms with E-state index in [1.54, 1.807) is 24.3 Å². The maximum atomic E-state index is 11.7. The molecule has 0 fully saturated rings. The van der Waals surface area contributed by atoms with Crippen molar-refractivity contribution < 1.29 is 4.79 Å². The topological polar surface area (TPSA) is 49.9 Å². The highest BCUT2D eigenvalue weighted by atomic mass is 35.5. The second-order valence-corrected chi connectivity index (χ2v) is 4.24. The van der Waals surface area contributed by atoms with Crippen molar-refractivity contribution in [1.29, 1.82) is 0 Å². The molecule has 0 bridgehead atoms. The molecule has 3 nitrogen and oxygen atoms in total. The summed E-state index contributed by atoms with van der Waals surface area (Å²) in [6, 6.07) is 7.92. The van der Waals surface area contributed by atoms with Gasteiger partial charge in [0.25, 0.3) is 5.56 Å². The lowest BCUT2D eigenvalue weighted by Gasteiger charge is -2.04. The molecule has 1 aromatic heterocycles. The number of H-pyrrole nitrogens is 1. The normalized spacial score (nSPS) is 10.2. The van der Waals surface area contributed by atoms with Crippen molar-refractivity contribution in [1.82, 2.24) is 4.98 Å². The molecule has 0 unspecified atom stereocenters. The Kier molecular flexibility index (Phi) is 3.31.